The molecule has 1 heterocycles. The van der Waals surface area contributed by atoms with Crippen molar-refractivity contribution in [1.29, 1.82) is 0 Å². The summed E-state index contributed by atoms with van der Waals surface area (Å²) in [6.45, 7) is 4.22. The van der Waals surface area contributed by atoms with Crippen LogP contribution in [0, 0.1) is 0 Å². The van der Waals surface area contributed by atoms with E-state index >= 15 is 0 Å². The summed E-state index contributed by atoms with van der Waals surface area (Å²) in [5, 5.41) is 0. The topological polar surface area (TPSA) is 29.5 Å². The van der Waals surface area contributed by atoms with E-state index in [1.807, 2.05) is 0 Å². The van der Waals surface area contributed by atoms with Gasteiger partial charge in [0.05, 0.1) is 12.8 Å². The van der Waals surface area contributed by atoms with E-state index in [4.69, 9.17) is 4.74 Å². The Bertz CT molecular complexity index is 221. The molecule has 1 aliphatic rings. The lowest BCUT2D eigenvalue weighted by atomic mass is 10.3. The number of rotatable bonds is 2. The second-order valence-electron chi connectivity index (χ2n) is 2.64. The lowest BCUT2D eigenvalue weighted by Crippen LogP contribution is -2.24. The van der Waals surface area contributed by atoms with E-state index in [2.05, 4.69) is 6.58 Å². The molecule has 1 rings (SSSR count). The standard InChI is InChI=1S/C9H13NO2/c1-3-9(11)10-6-4-5-8(10)7-12-2/h3,7H,1,4-6H2,2H3/b8-7+. The van der Waals surface area contributed by atoms with Crippen LogP contribution in [-0.4, -0.2) is 24.5 Å². The van der Waals surface area contributed by atoms with E-state index in [9.17, 15) is 4.79 Å². The van der Waals surface area contributed by atoms with Crippen molar-refractivity contribution in [2.75, 3.05) is 13.7 Å². The van der Waals surface area contributed by atoms with Crippen LogP contribution < -0.4 is 0 Å². The second kappa shape index (κ2) is 3.95. The maximum Gasteiger partial charge on any atom is 0.250 e. The summed E-state index contributed by atoms with van der Waals surface area (Å²) in [5.74, 6) is -0.0456. The molecule has 0 aromatic heterocycles. The van der Waals surface area contributed by atoms with Crippen molar-refractivity contribution in [1.82, 2.24) is 4.90 Å². The Labute approximate surface area is 72.3 Å². The highest BCUT2D eigenvalue weighted by Gasteiger charge is 2.21. The number of carbonyl (C=O) groups excluding carboxylic acids is 1. The number of hydrogen-bond acceptors (Lipinski definition) is 2. The largest absolute Gasteiger partial charge is 0.503 e. The zero-order chi connectivity index (χ0) is 8.97. The Morgan fingerprint density at radius 3 is 3.08 bits per heavy atom. The average molecular weight is 167 g/mol. The molecule has 0 N–H and O–H groups in total. The van der Waals surface area contributed by atoms with Gasteiger partial charge in [0.2, 0.25) is 5.91 Å². The molecule has 0 spiro atoms. The van der Waals surface area contributed by atoms with Gasteiger partial charge in [-0.05, 0) is 18.9 Å². The molecular formula is C9H13NO2. The number of likely N-dealkylation sites (tertiary alicyclic amines) is 1. The van der Waals surface area contributed by atoms with E-state index in [1.165, 1.54) is 6.08 Å². The molecule has 12 heavy (non-hydrogen) atoms. The lowest BCUT2D eigenvalue weighted by Gasteiger charge is -2.14. The zero-order valence-corrected chi connectivity index (χ0v) is 7.25. The highest BCUT2D eigenvalue weighted by molar-refractivity contribution is 5.88. The van der Waals surface area contributed by atoms with Gasteiger partial charge in [-0.15, -0.1) is 0 Å². The number of nitrogens with zero attached hydrogens (tertiary/aromatic N) is 1. The molecule has 1 aliphatic heterocycles. The molecule has 0 radical (unpaired) electrons. The molecule has 66 valence electrons. The number of ether oxygens (including phenoxy) is 1. The quantitative estimate of drug-likeness (QED) is 0.458. The number of allylic oxidation sites excluding steroid dienone is 1. The van der Waals surface area contributed by atoms with Gasteiger partial charge < -0.3 is 9.64 Å². The minimum atomic E-state index is -0.0456. The molecule has 1 fully saturated rings. The molecule has 3 nitrogen and oxygen atoms in total. The second-order valence-corrected chi connectivity index (χ2v) is 2.64. The number of hydrogen-bond donors (Lipinski definition) is 0. The minimum absolute atomic E-state index is 0.0456. The van der Waals surface area contributed by atoms with Crippen LogP contribution in [0.2, 0.25) is 0 Å². The van der Waals surface area contributed by atoms with Gasteiger partial charge in [-0.3, -0.25) is 4.79 Å². The van der Waals surface area contributed by atoms with E-state index in [-0.39, 0.29) is 5.91 Å². The molecule has 0 unspecified atom stereocenters. The molecule has 0 aromatic carbocycles. The predicted octanol–water partition coefficient (Wildman–Crippen LogP) is 1.28. The average Bonchev–Trinajstić information content (AvgIpc) is 2.52. The Kier molecular flexibility index (Phi) is 2.91. The highest BCUT2D eigenvalue weighted by Crippen LogP contribution is 2.20. The van der Waals surface area contributed by atoms with Crippen molar-refractivity contribution in [3.05, 3.63) is 24.6 Å². The van der Waals surface area contributed by atoms with Crippen LogP contribution in [0.5, 0.6) is 0 Å². The van der Waals surface area contributed by atoms with Gasteiger partial charge >= 0.3 is 0 Å². The Morgan fingerprint density at radius 1 is 1.75 bits per heavy atom. The van der Waals surface area contributed by atoms with Crippen molar-refractivity contribution in [2.45, 2.75) is 12.8 Å². The molecule has 0 bridgehead atoms. The van der Waals surface area contributed by atoms with Gasteiger partial charge in [-0.1, -0.05) is 6.58 Å². The molecule has 1 saturated heterocycles. The molecule has 0 aliphatic carbocycles. The maximum atomic E-state index is 11.2. The molecule has 3 heteroatoms. The normalized spacial score (nSPS) is 19.8. The minimum Gasteiger partial charge on any atom is -0.503 e. The van der Waals surface area contributed by atoms with Gasteiger partial charge in [0.25, 0.3) is 0 Å². The van der Waals surface area contributed by atoms with Crippen LogP contribution in [0.1, 0.15) is 12.8 Å². The number of carbonyl (C=O) groups is 1. The summed E-state index contributed by atoms with van der Waals surface area (Å²) in [6.07, 6.45) is 4.87. The fourth-order valence-corrected chi connectivity index (χ4v) is 1.32. The molecule has 0 saturated carbocycles. The van der Waals surface area contributed by atoms with E-state index in [1.54, 1.807) is 18.3 Å². The predicted molar refractivity (Wildman–Crippen MR) is 46.2 cm³/mol. The van der Waals surface area contributed by atoms with Gasteiger partial charge in [-0.25, -0.2) is 0 Å². The van der Waals surface area contributed by atoms with Gasteiger partial charge in [0.15, 0.2) is 0 Å². The summed E-state index contributed by atoms with van der Waals surface area (Å²) in [5.41, 5.74) is 0.947. The van der Waals surface area contributed by atoms with Crippen molar-refractivity contribution < 1.29 is 9.53 Å². The van der Waals surface area contributed by atoms with Crippen molar-refractivity contribution in [3.63, 3.8) is 0 Å². The van der Waals surface area contributed by atoms with E-state index in [0.717, 1.165) is 25.1 Å². The fraction of sp³-hybridized carbons (Fsp3) is 0.444. The van der Waals surface area contributed by atoms with Crippen LogP contribution >= 0.6 is 0 Å². The van der Waals surface area contributed by atoms with Gasteiger partial charge in [-0.2, -0.15) is 0 Å². The summed E-state index contributed by atoms with van der Waals surface area (Å²) in [4.78, 5) is 12.9. The van der Waals surface area contributed by atoms with Crippen LogP contribution in [0.15, 0.2) is 24.6 Å². The third-order valence-electron chi connectivity index (χ3n) is 1.86. The first-order chi connectivity index (χ1) is 5.79. The maximum absolute atomic E-state index is 11.2. The first-order valence-electron chi connectivity index (χ1n) is 3.95. The van der Waals surface area contributed by atoms with Gasteiger partial charge in [0.1, 0.15) is 6.26 Å². The summed E-state index contributed by atoms with van der Waals surface area (Å²) >= 11 is 0. The Morgan fingerprint density at radius 2 is 2.50 bits per heavy atom. The van der Waals surface area contributed by atoms with E-state index < -0.39 is 0 Å². The number of amides is 1. The zero-order valence-electron chi connectivity index (χ0n) is 7.25. The smallest absolute Gasteiger partial charge is 0.250 e. The summed E-state index contributed by atoms with van der Waals surface area (Å²) in [6, 6.07) is 0. The van der Waals surface area contributed by atoms with Crippen molar-refractivity contribution >= 4 is 5.91 Å². The molecule has 1 amide bonds. The SMILES string of the molecule is C=CC(=O)N1CCC/C1=C\OC. The van der Waals surface area contributed by atoms with Crippen LogP contribution in [-0.2, 0) is 9.53 Å². The molecule has 0 atom stereocenters. The first kappa shape index (κ1) is 8.84. The fourth-order valence-electron chi connectivity index (χ4n) is 1.32. The molecular weight excluding hydrogens is 154 g/mol. The van der Waals surface area contributed by atoms with Crippen molar-refractivity contribution in [2.24, 2.45) is 0 Å². The third kappa shape index (κ3) is 1.67. The summed E-state index contributed by atoms with van der Waals surface area (Å²) < 4.78 is 4.86. The third-order valence-corrected chi connectivity index (χ3v) is 1.86. The highest BCUT2D eigenvalue weighted by atomic mass is 16.5. The van der Waals surface area contributed by atoms with Crippen molar-refractivity contribution in [3.8, 4) is 0 Å². The monoisotopic (exact) mass is 167 g/mol. The Hall–Kier alpha value is -1.25. The van der Waals surface area contributed by atoms with Crippen LogP contribution in [0.25, 0.3) is 0 Å². The lowest BCUT2D eigenvalue weighted by molar-refractivity contribution is -0.123. The van der Waals surface area contributed by atoms with Crippen LogP contribution in [0.3, 0.4) is 0 Å². The first-order valence-corrected chi connectivity index (χ1v) is 3.95. The number of methoxy groups -OCH3 is 1. The molecule has 0 aromatic rings. The van der Waals surface area contributed by atoms with Crippen LogP contribution in [0.4, 0.5) is 0 Å². The van der Waals surface area contributed by atoms with Gasteiger partial charge in [0, 0.05) is 6.54 Å². The summed E-state index contributed by atoms with van der Waals surface area (Å²) in [7, 11) is 1.59. The van der Waals surface area contributed by atoms with E-state index in [0.29, 0.717) is 0 Å². The Balaban J connectivity index is 2.70.